The molecule has 0 fully saturated rings. The SMILES string of the molecule is COc1cc2c(cc1-c1ccccc1)C(c1ccccc1Br)=NCC(=O)N2C. The van der Waals surface area contributed by atoms with E-state index in [-0.39, 0.29) is 12.5 Å². The molecule has 0 spiro atoms. The van der Waals surface area contributed by atoms with E-state index in [0.29, 0.717) is 0 Å². The van der Waals surface area contributed by atoms with Crippen molar-refractivity contribution in [3.05, 3.63) is 82.3 Å². The van der Waals surface area contributed by atoms with Gasteiger partial charge in [0.25, 0.3) is 0 Å². The van der Waals surface area contributed by atoms with Crippen LogP contribution >= 0.6 is 15.9 Å². The minimum atomic E-state index is -0.0576. The number of nitrogens with zero attached hydrogens (tertiary/aromatic N) is 2. The van der Waals surface area contributed by atoms with Gasteiger partial charge in [-0.25, -0.2) is 0 Å². The highest BCUT2D eigenvalue weighted by molar-refractivity contribution is 9.10. The molecular formula is C23H19BrN2O2. The predicted octanol–water partition coefficient (Wildman–Crippen LogP) is 4.94. The van der Waals surface area contributed by atoms with E-state index in [9.17, 15) is 4.79 Å². The van der Waals surface area contributed by atoms with E-state index in [2.05, 4.69) is 27.0 Å². The molecule has 1 amide bonds. The minimum Gasteiger partial charge on any atom is -0.496 e. The van der Waals surface area contributed by atoms with Crippen molar-refractivity contribution in [3.63, 3.8) is 0 Å². The first-order valence-corrected chi connectivity index (χ1v) is 9.73. The molecule has 0 atom stereocenters. The fraction of sp³-hybridized carbons (Fsp3) is 0.130. The fourth-order valence-corrected chi connectivity index (χ4v) is 3.88. The van der Waals surface area contributed by atoms with Crippen LogP contribution in [0.15, 0.2) is 76.2 Å². The third-order valence-corrected chi connectivity index (χ3v) is 5.59. The molecule has 0 saturated carbocycles. The highest BCUT2D eigenvalue weighted by Crippen LogP contribution is 2.39. The first kappa shape index (κ1) is 18.4. The molecular weight excluding hydrogens is 416 g/mol. The van der Waals surface area contributed by atoms with E-state index < -0.39 is 0 Å². The first-order chi connectivity index (χ1) is 13.6. The van der Waals surface area contributed by atoms with Crippen LogP contribution in [0.1, 0.15) is 11.1 Å². The average Bonchev–Trinajstić information content (AvgIpc) is 2.85. The molecule has 1 aliphatic heterocycles. The van der Waals surface area contributed by atoms with Crippen LogP contribution in [0.4, 0.5) is 5.69 Å². The first-order valence-electron chi connectivity index (χ1n) is 8.94. The van der Waals surface area contributed by atoms with Crippen LogP contribution in [0.2, 0.25) is 0 Å². The lowest BCUT2D eigenvalue weighted by atomic mass is 9.94. The third kappa shape index (κ3) is 3.22. The summed E-state index contributed by atoms with van der Waals surface area (Å²) in [6, 6.07) is 22.0. The largest absolute Gasteiger partial charge is 0.496 e. The summed E-state index contributed by atoms with van der Waals surface area (Å²) in [6.07, 6.45) is 0. The summed E-state index contributed by atoms with van der Waals surface area (Å²) in [5.74, 6) is 0.663. The van der Waals surface area contributed by atoms with Crippen molar-refractivity contribution in [1.82, 2.24) is 0 Å². The van der Waals surface area contributed by atoms with Crippen molar-refractivity contribution in [2.45, 2.75) is 0 Å². The molecule has 4 rings (SSSR count). The maximum atomic E-state index is 12.6. The fourth-order valence-electron chi connectivity index (χ4n) is 3.40. The Bertz CT molecular complexity index is 1080. The van der Waals surface area contributed by atoms with Gasteiger partial charge >= 0.3 is 0 Å². The number of methoxy groups -OCH3 is 1. The number of halogens is 1. The molecule has 0 bridgehead atoms. The Labute approximate surface area is 172 Å². The number of hydrogen-bond acceptors (Lipinski definition) is 3. The van der Waals surface area contributed by atoms with Crippen LogP contribution in [0.3, 0.4) is 0 Å². The van der Waals surface area contributed by atoms with Crippen molar-refractivity contribution >= 4 is 33.2 Å². The van der Waals surface area contributed by atoms with Crippen LogP contribution in [-0.2, 0) is 4.79 Å². The van der Waals surface area contributed by atoms with E-state index in [1.807, 2.05) is 60.7 Å². The standard InChI is InChI=1S/C23H19BrN2O2/c1-26-20-13-21(28-2)17(15-8-4-3-5-9-15)12-18(20)23(25-14-22(26)27)16-10-6-7-11-19(16)24/h3-13H,14H2,1-2H3. The van der Waals surface area contributed by atoms with Gasteiger partial charge in [0.15, 0.2) is 0 Å². The zero-order valence-corrected chi connectivity index (χ0v) is 17.2. The number of anilines is 1. The lowest BCUT2D eigenvalue weighted by Crippen LogP contribution is -2.27. The molecule has 140 valence electrons. The summed E-state index contributed by atoms with van der Waals surface area (Å²) in [4.78, 5) is 18.9. The molecule has 0 aliphatic carbocycles. The Morgan fingerprint density at radius 2 is 1.68 bits per heavy atom. The zero-order valence-electron chi connectivity index (χ0n) is 15.6. The Kier molecular flexibility index (Phi) is 5.01. The van der Waals surface area contributed by atoms with Crippen LogP contribution in [0.5, 0.6) is 5.75 Å². The number of hydrogen-bond donors (Lipinski definition) is 0. The topological polar surface area (TPSA) is 41.9 Å². The van der Waals surface area contributed by atoms with Crippen molar-refractivity contribution < 1.29 is 9.53 Å². The molecule has 0 aromatic heterocycles. The van der Waals surface area contributed by atoms with Crippen LogP contribution in [0, 0.1) is 0 Å². The number of carbonyl (C=O) groups excluding carboxylic acids is 1. The third-order valence-electron chi connectivity index (χ3n) is 4.89. The minimum absolute atomic E-state index is 0.0576. The monoisotopic (exact) mass is 434 g/mol. The maximum Gasteiger partial charge on any atom is 0.248 e. The van der Waals surface area contributed by atoms with Gasteiger partial charge in [-0.15, -0.1) is 0 Å². The molecule has 28 heavy (non-hydrogen) atoms. The van der Waals surface area contributed by atoms with Crippen LogP contribution < -0.4 is 9.64 Å². The molecule has 0 saturated heterocycles. The average molecular weight is 435 g/mol. The van der Waals surface area contributed by atoms with Gasteiger partial charge < -0.3 is 9.64 Å². The lowest BCUT2D eigenvalue weighted by molar-refractivity contribution is -0.116. The second-order valence-electron chi connectivity index (χ2n) is 6.53. The van der Waals surface area contributed by atoms with Gasteiger partial charge in [0, 0.05) is 34.3 Å². The summed E-state index contributed by atoms with van der Waals surface area (Å²) in [5, 5.41) is 0. The van der Waals surface area contributed by atoms with Crippen molar-refractivity contribution in [1.29, 1.82) is 0 Å². The van der Waals surface area contributed by atoms with Crippen molar-refractivity contribution in [3.8, 4) is 16.9 Å². The Morgan fingerprint density at radius 3 is 2.39 bits per heavy atom. The summed E-state index contributed by atoms with van der Waals surface area (Å²) in [7, 11) is 3.43. The van der Waals surface area contributed by atoms with Gasteiger partial charge in [0.05, 0.1) is 18.5 Å². The second-order valence-corrected chi connectivity index (χ2v) is 7.39. The number of benzodiazepines with no additional fused rings is 1. The zero-order chi connectivity index (χ0) is 19.7. The Balaban J connectivity index is 2.01. The maximum absolute atomic E-state index is 12.6. The highest BCUT2D eigenvalue weighted by atomic mass is 79.9. The predicted molar refractivity (Wildman–Crippen MR) is 116 cm³/mol. The summed E-state index contributed by atoms with van der Waals surface area (Å²) in [6.45, 7) is 0.102. The van der Waals surface area contributed by atoms with E-state index in [0.717, 1.165) is 43.9 Å². The van der Waals surface area contributed by atoms with Gasteiger partial charge in [-0.05, 0) is 17.7 Å². The molecule has 5 heteroatoms. The van der Waals surface area contributed by atoms with E-state index in [1.165, 1.54) is 0 Å². The second kappa shape index (κ2) is 7.60. The normalized spacial score (nSPS) is 13.6. The Hall–Kier alpha value is -2.92. The van der Waals surface area contributed by atoms with Gasteiger partial charge in [0.1, 0.15) is 12.3 Å². The number of aliphatic imine (C=N–C) groups is 1. The quantitative estimate of drug-likeness (QED) is 0.585. The molecule has 3 aromatic rings. The number of carbonyl (C=O) groups is 1. The molecule has 4 nitrogen and oxygen atoms in total. The highest BCUT2D eigenvalue weighted by Gasteiger charge is 2.26. The van der Waals surface area contributed by atoms with Gasteiger partial charge in [-0.1, -0.05) is 64.5 Å². The molecule has 0 unspecified atom stereocenters. The van der Waals surface area contributed by atoms with Crippen LogP contribution in [0.25, 0.3) is 11.1 Å². The van der Waals surface area contributed by atoms with Crippen molar-refractivity contribution in [2.24, 2.45) is 4.99 Å². The van der Waals surface area contributed by atoms with E-state index in [1.54, 1.807) is 19.1 Å². The molecule has 0 N–H and O–H groups in total. The Morgan fingerprint density at radius 1 is 0.964 bits per heavy atom. The summed E-state index contributed by atoms with van der Waals surface area (Å²) in [5.41, 5.74) is 5.45. The smallest absolute Gasteiger partial charge is 0.248 e. The number of amides is 1. The number of likely N-dealkylation sites (N-methyl/N-ethyl adjacent to an activating group) is 1. The molecule has 1 heterocycles. The number of ether oxygens (including phenoxy) is 1. The number of fused-ring (bicyclic) bond motifs is 1. The van der Waals surface area contributed by atoms with Gasteiger partial charge in [-0.3, -0.25) is 9.79 Å². The number of benzene rings is 3. The van der Waals surface area contributed by atoms with Gasteiger partial charge in [-0.2, -0.15) is 0 Å². The van der Waals surface area contributed by atoms with Crippen LogP contribution in [-0.4, -0.2) is 32.3 Å². The summed E-state index contributed by atoms with van der Waals surface area (Å²) < 4.78 is 6.61. The van der Waals surface area contributed by atoms with E-state index in [4.69, 9.17) is 4.74 Å². The lowest BCUT2D eigenvalue weighted by Gasteiger charge is -2.21. The molecule has 1 aliphatic rings. The number of rotatable bonds is 3. The van der Waals surface area contributed by atoms with E-state index >= 15 is 0 Å². The van der Waals surface area contributed by atoms with Crippen molar-refractivity contribution in [2.75, 3.05) is 25.6 Å². The van der Waals surface area contributed by atoms with Gasteiger partial charge in [0.2, 0.25) is 5.91 Å². The summed E-state index contributed by atoms with van der Waals surface area (Å²) >= 11 is 3.63. The molecule has 0 radical (unpaired) electrons. The molecule has 3 aromatic carbocycles.